The molecular formula is C30H40F2O2. The normalized spacial score (nSPS) is 31.7. The standard InChI is InChI=1S/C30H40F2O2/c1-3-5-7-27-28(31)18-26(19-29(27)32)34-30(33)22-12-10-21(11-13-22)24-15-14-23-16-20(6-4-2)8-9-25(23)17-24/h3-4,6,18-25H,1,5,7-17H2,2H3/b6-4+. The zero-order chi connectivity index (χ0) is 24.1. The van der Waals surface area contributed by atoms with E-state index in [0.29, 0.717) is 12.3 Å². The molecular weight excluding hydrogens is 430 g/mol. The third-order valence-corrected chi connectivity index (χ3v) is 8.86. The largest absolute Gasteiger partial charge is 0.426 e. The highest BCUT2D eigenvalue weighted by atomic mass is 19.1. The van der Waals surface area contributed by atoms with Crippen molar-refractivity contribution in [1.82, 2.24) is 0 Å². The van der Waals surface area contributed by atoms with Crippen LogP contribution in [0.2, 0.25) is 0 Å². The highest BCUT2D eigenvalue weighted by Crippen LogP contribution is 2.49. The first-order chi connectivity index (χ1) is 16.5. The van der Waals surface area contributed by atoms with Crippen molar-refractivity contribution >= 4 is 5.97 Å². The van der Waals surface area contributed by atoms with Crippen molar-refractivity contribution in [3.05, 3.63) is 54.1 Å². The molecule has 3 saturated carbocycles. The summed E-state index contributed by atoms with van der Waals surface area (Å²) in [6, 6.07) is 2.27. The summed E-state index contributed by atoms with van der Waals surface area (Å²) >= 11 is 0. The number of hydrogen-bond acceptors (Lipinski definition) is 2. The Kier molecular flexibility index (Phi) is 8.60. The van der Waals surface area contributed by atoms with E-state index in [2.05, 4.69) is 25.7 Å². The van der Waals surface area contributed by atoms with Crippen molar-refractivity contribution in [1.29, 1.82) is 0 Å². The summed E-state index contributed by atoms with van der Waals surface area (Å²) in [6.45, 7) is 5.72. The van der Waals surface area contributed by atoms with Crippen LogP contribution in [-0.4, -0.2) is 5.97 Å². The lowest BCUT2D eigenvalue weighted by molar-refractivity contribution is -0.140. The summed E-state index contributed by atoms with van der Waals surface area (Å²) in [5.74, 6) is 2.21. The maximum atomic E-state index is 14.3. The molecule has 3 aliphatic rings. The van der Waals surface area contributed by atoms with Gasteiger partial charge in [-0.05, 0) is 114 Å². The molecule has 1 aromatic rings. The first-order valence-corrected chi connectivity index (χ1v) is 13.4. The topological polar surface area (TPSA) is 26.3 Å². The molecule has 0 heterocycles. The molecule has 4 atom stereocenters. The van der Waals surface area contributed by atoms with E-state index >= 15 is 0 Å². The summed E-state index contributed by atoms with van der Waals surface area (Å²) in [6.07, 6.45) is 18.9. The predicted molar refractivity (Wildman–Crippen MR) is 132 cm³/mol. The Labute approximate surface area is 203 Å². The Hall–Kier alpha value is -1.97. The van der Waals surface area contributed by atoms with Crippen molar-refractivity contribution in [2.24, 2.45) is 35.5 Å². The number of ether oxygens (including phenoxy) is 1. The number of fused-ring (bicyclic) bond motifs is 1. The zero-order valence-corrected chi connectivity index (χ0v) is 20.6. The highest BCUT2D eigenvalue weighted by Gasteiger charge is 2.39. The molecule has 3 aliphatic carbocycles. The van der Waals surface area contributed by atoms with E-state index in [-0.39, 0.29) is 29.6 Å². The minimum atomic E-state index is -0.663. The van der Waals surface area contributed by atoms with Crippen LogP contribution in [0, 0.1) is 47.1 Å². The summed E-state index contributed by atoms with van der Waals surface area (Å²) in [5, 5.41) is 0. The molecule has 4 heteroatoms. The molecule has 3 fully saturated rings. The van der Waals surface area contributed by atoms with Crippen LogP contribution in [0.5, 0.6) is 5.75 Å². The minimum absolute atomic E-state index is 0.0187. The van der Waals surface area contributed by atoms with Crippen LogP contribution in [0.3, 0.4) is 0 Å². The van der Waals surface area contributed by atoms with Gasteiger partial charge in [-0.2, -0.15) is 0 Å². The van der Waals surface area contributed by atoms with Gasteiger partial charge in [0.2, 0.25) is 0 Å². The van der Waals surface area contributed by atoms with Crippen LogP contribution < -0.4 is 4.74 Å². The Morgan fingerprint density at radius 3 is 2.18 bits per heavy atom. The predicted octanol–water partition coefficient (Wildman–Crippen LogP) is 8.20. The minimum Gasteiger partial charge on any atom is -0.426 e. The van der Waals surface area contributed by atoms with E-state index in [1.807, 2.05) is 0 Å². The van der Waals surface area contributed by atoms with Gasteiger partial charge in [-0.25, -0.2) is 8.78 Å². The second-order valence-electron chi connectivity index (χ2n) is 10.9. The lowest BCUT2D eigenvalue weighted by Gasteiger charge is -2.45. The van der Waals surface area contributed by atoms with Crippen LogP contribution in [0.15, 0.2) is 36.9 Å². The molecule has 2 nitrogen and oxygen atoms in total. The van der Waals surface area contributed by atoms with Crippen molar-refractivity contribution in [2.45, 2.75) is 84.0 Å². The molecule has 34 heavy (non-hydrogen) atoms. The van der Waals surface area contributed by atoms with Gasteiger partial charge in [-0.15, -0.1) is 6.58 Å². The van der Waals surface area contributed by atoms with Gasteiger partial charge >= 0.3 is 5.97 Å². The van der Waals surface area contributed by atoms with Crippen molar-refractivity contribution in [3.63, 3.8) is 0 Å². The van der Waals surface area contributed by atoms with Gasteiger partial charge in [0.05, 0.1) is 5.92 Å². The van der Waals surface area contributed by atoms with Crippen LogP contribution in [-0.2, 0) is 11.2 Å². The number of halogens is 2. The van der Waals surface area contributed by atoms with Gasteiger partial charge in [0.25, 0.3) is 0 Å². The van der Waals surface area contributed by atoms with Gasteiger partial charge in [0.15, 0.2) is 0 Å². The van der Waals surface area contributed by atoms with E-state index < -0.39 is 11.6 Å². The maximum absolute atomic E-state index is 14.3. The van der Waals surface area contributed by atoms with Crippen molar-refractivity contribution in [3.8, 4) is 5.75 Å². The monoisotopic (exact) mass is 470 g/mol. The summed E-state index contributed by atoms with van der Waals surface area (Å²) in [4.78, 5) is 12.7. The number of hydrogen-bond donors (Lipinski definition) is 0. The number of benzene rings is 1. The molecule has 0 radical (unpaired) electrons. The molecule has 0 bridgehead atoms. The molecule has 0 amide bonds. The smallest absolute Gasteiger partial charge is 0.314 e. The van der Waals surface area contributed by atoms with Gasteiger partial charge < -0.3 is 4.74 Å². The average molecular weight is 471 g/mol. The van der Waals surface area contributed by atoms with Crippen LogP contribution >= 0.6 is 0 Å². The number of rotatable bonds is 7. The molecule has 1 aromatic carbocycles. The Morgan fingerprint density at radius 1 is 0.941 bits per heavy atom. The van der Waals surface area contributed by atoms with E-state index in [1.165, 1.54) is 38.5 Å². The van der Waals surface area contributed by atoms with Gasteiger partial charge in [0, 0.05) is 17.7 Å². The van der Waals surface area contributed by atoms with Gasteiger partial charge in [-0.3, -0.25) is 4.79 Å². The van der Waals surface area contributed by atoms with Crippen LogP contribution in [0.1, 0.15) is 83.1 Å². The molecule has 0 saturated heterocycles. The van der Waals surface area contributed by atoms with Gasteiger partial charge in [-0.1, -0.05) is 18.2 Å². The van der Waals surface area contributed by atoms with E-state index in [0.717, 1.165) is 61.5 Å². The summed E-state index contributed by atoms with van der Waals surface area (Å²) in [7, 11) is 0. The fraction of sp³-hybridized carbons (Fsp3) is 0.633. The van der Waals surface area contributed by atoms with Crippen LogP contribution in [0.25, 0.3) is 0 Å². The summed E-state index contributed by atoms with van der Waals surface area (Å²) < 4.78 is 34.0. The fourth-order valence-corrected chi connectivity index (χ4v) is 6.99. The SMILES string of the molecule is C=CCCc1c(F)cc(OC(=O)C2CCC(C3CCC4CC(/C=C/C)CCC4C3)CC2)cc1F. The lowest BCUT2D eigenvalue weighted by atomic mass is 9.61. The highest BCUT2D eigenvalue weighted by molar-refractivity contribution is 5.75. The number of esters is 1. The first-order valence-electron chi connectivity index (χ1n) is 13.4. The van der Waals surface area contributed by atoms with E-state index in [9.17, 15) is 13.6 Å². The van der Waals surface area contributed by atoms with Crippen molar-refractivity contribution in [2.75, 3.05) is 0 Å². The molecule has 186 valence electrons. The maximum Gasteiger partial charge on any atom is 0.314 e. The number of carbonyl (C=O) groups is 1. The Morgan fingerprint density at radius 2 is 1.53 bits per heavy atom. The Bertz CT molecular complexity index is 861. The Balaban J connectivity index is 1.26. The molecule has 4 unspecified atom stereocenters. The quantitative estimate of drug-likeness (QED) is 0.228. The van der Waals surface area contributed by atoms with Gasteiger partial charge in [0.1, 0.15) is 17.4 Å². The second-order valence-corrected chi connectivity index (χ2v) is 10.9. The second kappa shape index (κ2) is 11.6. The number of carbonyl (C=O) groups excluding carboxylic acids is 1. The fourth-order valence-electron chi connectivity index (χ4n) is 6.99. The average Bonchev–Trinajstić information content (AvgIpc) is 2.83. The molecule has 4 rings (SSSR count). The molecule has 0 spiro atoms. The summed E-state index contributed by atoms with van der Waals surface area (Å²) in [5.41, 5.74) is 0.0187. The number of allylic oxidation sites excluding steroid dienone is 3. The van der Waals surface area contributed by atoms with E-state index in [4.69, 9.17) is 4.74 Å². The molecule has 0 N–H and O–H groups in total. The lowest BCUT2D eigenvalue weighted by Crippen LogP contribution is -2.35. The van der Waals surface area contributed by atoms with Crippen molar-refractivity contribution < 1.29 is 18.3 Å². The van der Waals surface area contributed by atoms with Crippen LogP contribution in [0.4, 0.5) is 8.78 Å². The molecule has 0 aromatic heterocycles. The third-order valence-electron chi connectivity index (χ3n) is 8.86. The molecule has 0 aliphatic heterocycles. The first kappa shape index (κ1) is 25.1. The zero-order valence-electron chi connectivity index (χ0n) is 20.6. The third kappa shape index (κ3) is 5.98. The van der Waals surface area contributed by atoms with E-state index in [1.54, 1.807) is 6.08 Å².